The van der Waals surface area contributed by atoms with E-state index in [1.807, 2.05) is 47.6 Å². The topological polar surface area (TPSA) is 372 Å². The van der Waals surface area contributed by atoms with Crippen LogP contribution in [0.3, 0.4) is 0 Å². The summed E-state index contributed by atoms with van der Waals surface area (Å²) in [6, 6.07) is 12.1. The maximum atomic E-state index is 12.5. The highest BCUT2D eigenvalue weighted by Crippen LogP contribution is 2.43. The van der Waals surface area contributed by atoms with Crippen molar-refractivity contribution in [2.75, 3.05) is 43.7 Å². The van der Waals surface area contributed by atoms with Gasteiger partial charge in [0.2, 0.25) is 0 Å². The van der Waals surface area contributed by atoms with Crippen molar-refractivity contribution in [1.29, 1.82) is 0 Å². The first-order valence-electron chi connectivity index (χ1n) is 36.3. The van der Waals surface area contributed by atoms with Gasteiger partial charge in [-0.05, 0) is 151 Å². The molecule has 5 fully saturated rings. The van der Waals surface area contributed by atoms with Crippen molar-refractivity contribution < 1.29 is 57.3 Å². The summed E-state index contributed by atoms with van der Waals surface area (Å²) in [6.45, 7) is 11.0. The molecule has 10 heterocycles. The number of fused-ring (bicyclic) bond motifs is 4. The standard InChI is InChI=1S/C13H14BrN3O3.C13H15N3O3.C10H14Cl2N2O2.C9H10ClN3.C9H8ClN3.C6H5BClFO2.C6H4Cl2N2O.C4H7BrO2.C3H7N/c1-2-20-10(18)6-16-7-15-12-11(13(16)19)9(14)5-17(12)8-3-4-8;1-2-19-11(17)7-15-8-14-12-10(13(15)18)5-6-16(12)9-3-4-9;1-3-15-8(16-4-2)5-7-9(11)13-6-14-10(7)12;2*10-8-7-3-4-13(6-1-2-6)9(7)12-5-11-8;8-5-3-4(7(10)11)1-2-6(5)9;7-5-4(1-2-11)6(8)10-3-9-5;1-2-7-4(6)3-5;4-3-1-2-3/h5,7-8H,2-4,6H2,1H3;5-6,8-9H,2-4,7H2,1H3;6,8H,3-5H2,1-2H3;3-6,8H,1-2H2,(H,11,12);3-6H,1-2H2;1-3,10-11H;2-3H,1H2;2-3H2,1H3;3H,1-2,4H2. The Balaban J connectivity index is 0.000000164. The molecule has 16 rings (SSSR count). The van der Waals surface area contributed by atoms with Gasteiger partial charge in [-0.15, -0.1) is 0 Å². The number of aldehydes is 1. The fourth-order valence-corrected chi connectivity index (χ4v) is 12.8. The van der Waals surface area contributed by atoms with Crippen LogP contribution < -0.4 is 27.6 Å². The summed E-state index contributed by atoms with van der Waals surface area (Å²) in [5.74, 6) is -0.517. The van der Waals surface area contributed by atoms with Gasteiger partial charge < -0.3 is 67.8 Å². The molecule has 5 saturated carbocycles. The average molecular weight is 1850 g/mol. The molecule has 1 aromatic carbocycles. The molecule has 5 aliphatic carbocycles. The molecule has 30 nitrogen and oxygen atoms in total. The number of carbonyl (C=O) groups excluding carboxylic acids is 4. The molecular formula is C73H84BBr2Cl7FN17O13. The third-order valence-corrected chi connectivity index (χ3v) is 20.1. The summed E-state index contributed by atoms with van der Waals surface area (Å²) in [5.41, 5.74) is 9.32. The van der Waals surface area contributed by atoms with Crippen LogP contribution in [0.2, 0.25) is 30.8 Å². The van der Waals surface area contributed by atoms with Crippen LogP contribution in [0.15, 0.2) is 112 Å². The average Bonchev–Trinajstić information content (AvgIpc) is 1.60. The van der Waals surface area contributed by atoms with Gasteiger partial charge in [0.05, 0.1) is 51.8 Å². The lowest BCUT2D eigenvalue weighted by atomic mass is 9.80. The molecule has 114 heavy (non-hydrogen) atoms. The van der Waals surface area contributed by atoms with Crippen molar-refractivity contribution in [1.82, 2.24) is 67.3 Å². The van der Waals surface area contributed by atoms with E-state index in [1.54, 1.807) is 33.2 Å². The Kier molecular flexibility index (Phi) is 37.0. The molecule has 0 spiro atoms. The molecule has 5 N–H and O–H groups in total. The highest BCUT2D eigenvalue weighted by molar-refractivity contribution is 9.10. The number of hydrogen-bond acceptors (Lipinski definition) is 24. The normalized spacial score (nSPS) is 14.7. The van der Waals surface area contributed by atoms with Crippen molar-refractivity contribution in [3.63, 3.8) is 0 Å². The number of benzene rings is 1. The zero-order valence-electron chi connectivity index (χ0n) is 62.5. The number of hydrogen-bond donors (Lipinski definition) is 4. The van der Waals surface area contributed by atoms with Gasteiger partial charge in [0, 0.05) is 97.7 Å². The van der Waals surface area contributed by atoms with E-state index in [4.69, 9.17) is 116 Å². The minimum absolute atomic E-state index is 0.0930. The number of nitrogens with two attached hydrogens (primary N) is 1. The monoisotopic (exact) mass is 1840 g/mol. The van der Waals surface area contributed by atoms with E-state index < -0.39 is 24.9 Å². The molecule has 10 aromatic rings. The quantitative estimate of drug-likeness (QED) is 0.00758. The Hall–Kier alpha value is -7.55. The van der Waals surface area contributed by atoms with Gasteiger partial charge >= 0.3 is 25.0 Å². The predicted molar refractivity (Wildman–Crippen MR) is 443 cm³/mol. The number of esters is 3. The van der Waals surface area contributed by atoms with Crippen LogP contribution in [-0.4, -0.2) is 166 Å². The Labute approximate surface area is 706 Å². The molecule has 612 valence electrons. The molecule has 1 aliphatic heterocycles. The molecule has 6 aliphatic rings. The largest absolute Gasteiger partial charge is 0.488 e. The van der Waals surface area contributed by atoms with Gasteiger partial charge in [0.15, 0.2) is 11.8 Å². The molecule has 9 aromatic heterocycles. The van der Waals surface area contributed by atoms with Crippen molar-refractivity contribution in [3.05, 3.63) is 171 Å². The second-order valence-corrected chi connectivity index (χ2v) is 29.5. The van der Waals surface area contributed by atoms with E-state index >= 15 is 0 Å². The van der Waals surface area contributed by atoms with E-state index in [1.165, 1.54) is 91.4 Å². The number of anilines is 1. The fourth-order valence-electron chi connectivity index (χ4n) is 10.5. The highest BCUT2D eigenvalue weighted by atomic mass is 79.9. The molecule has 41 heteroatoms. The van der Waals surface area contributed by atoms with Crippen LogP contribution in [0.5, 0.6) is 0 Å². The SMILES string of the molecule is CCOC(=O)CBr.CCOC(=O)Cn1cnc2c(c(Br)cn2C2CC2)c1=O.CCOC(=O)Cn1cnc2c(ccn2C2CC2)c1=O.CCOC(Cc1c(Cl)ncnc1Cl)OCC.ClC1N=CNc2c1ccn2C1CC1.Clc1ncnc2c1ccn2C1CC1.NC1CC1.O=CCc1c(Cl)ncnc1Cl.OB(O)c1ccc(F)c(Cl)c1. The number of ether oxygens (including phenoxy) is 5. The Morgan fingerprint density at radius 2 is 1.08 bits per heavy atom. The lowest BCUT2D eigenvalue weighted by Gasteiger charge is -2.17. The fraction of sp³-hybridized carbons (Fsp3) is 0.438. The van der Waals surface area contributed by atoms with Crippen LogP contribution in [0.4, 0.5) is 10.2 Å². The lowest BCUT2D eigenvalue weighted by Crippen LogP contribution is -2.29. The summed E-state index contributed by atoms with van der Waals surface area (Å²) in [5, 5.41) is 24.3. The molecule has 0 radical (unpaired) electrons. The number of aliphatic imine (C=N–C) groups is 1. The Morgan fingerprint density at radius 1 is 0.614 bits per heavy atom. The van der Waals surface area contributed by atoms with Gasteiger partial charge in [0.1, 0.15) is 111 Å². The highest BCUT2D eigenvalue weighted by Gasteiger charge is 2.31. The third kappa shape index (κ3) is 27.5. The molecule has 0 amide bonds. The van der Waals surface area contributed by atoms with Crippen LogP contribution >= 0.6 is 113 Å². The van der Waals surface area contributed by atoms with Gasteiger partial charge in [0.25, 0.3) is 11.1 Å². The van der Waals surface area contributed by atoms with Crippen LogP contribution in [-0.2, 0) is 68.8 Å². The summed E-state index contributed by atoms with van der Waals surface area (Å²) in [4.78, 5) is 104. The van der Waals surface area contributed by atoms with Crippen LogP contribution in [0.1, 0.15) is 145 Å². The molecule has 0 bridgehead atoms. The zero-order chi connectivity index (χ0) is 82.7. The smallest absolute Gasteiger partial charge is 0.465 e. The maximum Gasteiger partial charge on any atom is 0.488 e. The van der Waals surface area contributed by atoms with Gasteiger partial charge in [-0.2, -0.15) is 0 Å². The summed E-state index contributed by atoms with van der Waals surface area (Å²) in [6.07, 6.45) is 29.6. The van der Waals surface area contributed by atoms with E-state index in [9.17, 15) is 33.2 Å². The van der Waals surface area contributed by atoms with Crippen LogP contribution in [0, 0.1) is 5.82 Å². The summed E-state index contributed by atoms with van der Waals surface area (Å²) in [7, 11) is -1.60. The van der Waals surface area contributed by atoms with Gasteiger partial charge in [-0.3, -0.25) is 38.1 Å². The number of nitrogens with zero attached hydrogens (tertiary/aromatic N) is 15. The number of rotatable bonds is 21. The van der Waals surface area contributed by atoms with Crippen molar-refractivity contribution in [2.45, 2.75) is 167 Å². The second-order valence-electron chi connectivity index (χ2n) is 25.4. The van der Waals surface area contributed by atoms with E-state index in [0.717, 1.165) is 58.6 Å². The number of alkyl halides is 2. The van der Waals surface area contributed by atoms with Crippen molar-refractivity contribution in [2.24, 2.45) is 10.7 Å². The molecule has 1 unspecified atom stereocenters. The lowest BCUT2D eigenvalue weighted by molar-refractivity contribution is -0.144. The molecular weight excluding hydrogens is 1760 g/mol. The number of carbonyl (C=O) groups is 4. The number of aromatic nitrogens is 14. The van der Waals surface area contributed by atoms with E-state index in [2.05, 4.69) is 108 Å². The Morgan fingerprint density at radius 3 is 1.56 bits per heavy atom. The minimum atomic E-state index is -1.60. The van der Waals surface area contributed by atoms with E-state index in [0.29, 0.717) is 130 Å². The second kappa shape index (κ2) is 45.8. The third-order valence-electron chi connectivity index (χ3n) is 16.8. The predicted octanol–water partition coefficient (Wildman–Crippen LogP) is 13.3. The first kappa shape index (κ1) is 92.0. The minimum Gasteiger partial charge on any atom is -0.465 e. The van der Waals surface area contributed by atoms with Crippen LogP contribution in [0.25, 0.3) is 33.1 Å². The summed E-state index contributed by atoms with van der Waals surface area (Å²) >= 11 is 46.8. The molecule has 1 atom stereocenters. The van der Waals surface area contributed by atoms with Crippen molar-refractivity contribution >= 4 is 195 Å². The van der Waals surface area contributed by atoms with E-state index in [-0.39, 0.29) is 69.2 Å². The van der Waals surface area contributed by atoms with Gasteiger partial charge in [-0.1, -0.05) is 103 Å². The van der Waals surface area contributed by atoms with Crippen molar-refractivity contribution in [3.8, 4) is 0 Å². The first-order valence-corrected chi connectivity index (χ1v) is 40.9. The molecule has 0 saturated heterocycles. The van der Waals surface area contributed by atoms with Gasteiger partial charge in [-0.25, -0.2) is 44.3 Å². The maximum absolute atomic E-state index is 12.5. The number of nitrogens with one attached hydrogen (secondary N) is 1. The number of halogens is 10. The first-order chi connectivity index (χ1) is 54.8. The summed E-state index contributed by atoms with van der Waals surface area (Å²) < 4.78 is 49.2. The zero-order valence-corrected chi connectivity index (χ0v) is 71.0. The Bertz CT molecular complexity index is 4970.